The maximum atomic E-state index is 13.0. The number of nitrogens with zero attached hydrogens (tertiary/aromatic N) is 1. The number of nitrogen functional groups attached to an aromatic ring is 1. The van der Waals surface area contributed by atoms with Crippen LogP contribution in [0.1, 0.15) is 12.8 Å². The predicted molar refractivity (Wildman–Crippen MR) is 61.2 cm³/mol. The van der Waals surface area contributed by atoms with Gasteiger partial charge in [-0.05, 0) is 31.0 Å². The van der Waals surface area contributed by atoms with E-state index in [9.17, 15) is 12.8 Å². The van der Waals surface area contributed by atoms with Gasteiger partial charge in [0, 0.05) is 6.54 Å². The highest BCUT2D eigenvalue weighted by Gasteiger charge is 2.26. The zero-order valence-corrected chi connectivity index (χ0v) is 9.50. The van der Waals surface area contributed by atoms with Crippen molar-refractivity contribution in [1.29, 1.82) is 0 Å². The van der Waals surface area contributed by atoms with Crippen LogP contribution in [0.4, 0.5) is 15.8 Å². The molecule has 0 atom stereocenters. The molecule has 2 N–H and O–H groups in total. The van der Waals surface area contributed by atoms with Crippen molar-refractivity contribution < 1.29 is 12.8 Å². The van der Waals surface area contributed by atoms with Crippen LogP contribution in [-0.2, 0) is 10.0 Å². The molecule has 16 heavy (non-hydrogen) atoms. The fourth-order valence-electron chi connectivity index (χ4n) is 1.77. The Bertz CT molecular complexity index is 502. The van der Waals surface area contributed by atoms with Crippen LogP contribution in [0.3, 0.4) is 0 Å². The monoisotopic (exact) mass is 244 g/mol. The third-order valence-electron chi connectivity index (χ3n) is 2.62. The second-order valence-electron chi connectivity index (χ2n) is 3.80. The van der Waals surface area contributed by atoms with Crippen LogP contribution >= 0.6 is 0 Å². The summed E-state index contributed by atoms with van der Waals surface area (Å²) in [7, 11) is -3.25. The van der Waals surface area contributed by atoms with Gasteiger partial charge in [0.25, 0.3) is 0 Å². The molecule has 0 amide bonds. The first-order valence-electron chi connectivity index (χ1n) is 5.06. The van der Waals surface area contributed by atoms with E-state index in [0.29, 0.717) is 18.7 Å². The Balaban J connectivity index is 2.39. The molecule has 6 heteroatoms. The third-order valence-corrected chi connectivity index (χ3v) is 4.49. The summed E-state index contributed by atoms with van der Waals surface area (Å²) < 4.78 is 37.8. The predicted octanol–water partition coefficient (Wildman–Crippen LogP) is 1.34. The van der Waals surface area contributed by atoms with Gasteiger partial charge in [-0.2, -0.15) is 0 Å². The van der Waals surface area contributed by atoms with Crippen molar-refractivity contribution in [3.63, 3.8) is 0 Å². The number of rotatable bonds is 1. The van der Waals surface area contributed by atoms with E-state index < -0.39 is 15.8 Å². The number of sulfonamides is 1. The molecule has 4 nitrogen and oxygen atoms in total. The summed E-state index contributed by atoms with van der Waals surface area (Å²) in [4.78, 5) is 0. The van der Waals surface area contributed by atoms with Gasteiger partial charge in [0.2, 0.25) is 10.0 Å². The Morgan fingerprint density at radius 2 is 2.06 bits per heavy atom. The van der Waals surface area contributed by atoms with Crippen molar-refractivity contribution in [1.82, 2.24) is 0 Å². The average molecular weight is 244 g/mol. The van der Waals surface area contributed by atoms with Crippen molar-refractivity contribution in [2.45, 2.75) is 12.8 Å². The highest BCUT2D eigenvalue weighted by Crippen LogP contribution is 2.26. The van der Waals surface area contributed by atoms with E-state index in [1.807, 2.05) is 0 Å². The van der Waals surface area contributed by atoms with Crippen LogP contribution in [0.5, 0.6) is 0 Å². The zero-order valence-electron chi connectivity index (χ0n) is 8.69. The number of nitrogens with two attached hydrogens (primary N) is 1. The average Bonchev–Trinajstić information content (AvgIpc) is 2.22. The second-order valence-corrected chi connectivity index (χ2v) is 5.81. The van der Waals surface area contributed by atoms with Crippen LogP contribution < -0.4 is 10.0 Å². The van der Waals surface area contributed by atoms with E-state index in [4.69, 9.17) is 5.73 Å². The highest BCUT2D eigenvalue weighted by atomic mass is 32.2. The van der Waals surface area contributed by atoms with E-state index >= 15 is 0 Å². The van der Waals surface area contributed by atoms with Gasteiger partial charge in [0.15, 0.2) is 0 Å². The summed E-state index contributed by atoms with van der Waals surface area (Å²) in [6.45, 7) is 0.438. The summed E-state index contributed by atoms with van der Waals surface area (Å²) in [5, 5.41) is 0. The van der Waals surface area contributed by atoms with Gasteiger partial charge in [0.05, 0.1) is 17.1 Å². The lowest BCUT2D eigenvalue weighted by molar-refractivity contribution is 0.574. The minimum absolute atomic E-state index is 0.0294. The normalized spacial score (nSPS) is 19.7. The van der Waals surface area contributed by atoms with E-state index in [0.717, 1.165) is 6.42 Å². The lowest BCUT2D eigenvalue weighted by Crippen LogP contribution is -2.37. The van der Waals surface area contributed by atoms with Gasteiger partial charge in [-0.3, -0.25) is 4.31 Å². The summed E-state index contributed by atoms with van der Waals surface area (Å²) >= 11 is 0. The largest absolute Gasteiger partial charge is 0.396 e. The molecule has 1 aliphatic heterocycles. The Hall–Kier alpha value is -1.30. The zero-order chi connectivity index (χ0) is 11.8. The minimum Gasteiger partial charge on any atom is -0.396 e. The topological polar surface area (TPSA) is 63.4 Å². The molecule has 0 unspecified atom stereocenters. The molecule has 0 aliphatic carbocycles. The molecule has 0 radical (unpaired) electrons. The SMILES string of the molecule is Nc1cc(N2CCCCS2(=O)=O)ccc1F. The van der Waals surface area contributed by atoms with Crippen molar-refractivity contribution in [2.75, 3.05) is 22.3 Å². The Morgan fingerprint density at radius 3 is 2.69 bits per heavy atom. The minimum atomic E-state index is -3.25. The molecule has 88 valence electrons. The van der Waals surface area contributed by atoms with Crippen LogP contribution in [0.2, 0.25) is 0 Å². The maximum absolute atomic E-state index is 13.0. The fourth-order valence-corrected chi connectivity index (χ4v) is 3.40. The summed E-state index contributed by atoms with van der Waals surface area (Å²) in [5.41, 5.74) is 5.83. The van der Waals surface area contributed by atoms with Crippen LogP contribution in [0, 0.1) is 5.82 Å². The number of hydrogen-bond donors (Lipinski definition) is 1. The van der Waals surface area contributed by atoms with E-state index in [2.05, 4.69) is 0 Å². The quantitative estimate of drug-likeness (QED) is 0.758. The molecule has 1 aromatic carbocycles. The Labute approximate surface area is 93.9 Å². The standard InChI is InChI=1S/C10H13FN2O2S/c11-9-4-3-8(7-10(9)12)13-5-1-2-6-16(13,14)15/h3-4,7H,1-2,5-6,12H2. The van der Waals surface area contributed by atoms with E-state index in [1.54, 1.807) is 0 Å². The Kier molecular flexibility index (Phi) is 2.75. The van der Waals surface area contributed by atoms with Gasteiger partial charge < -0.3 is 5.73 Å². The van der Waals surface area contributed by atoms with Gasteiger partial charge in [-0.15, -0.1) is 0 Å². The molecule has 0 aromatic heterocycles. The van der Waals surface area contributed by atoms with Crippen molar-refractivity contribution in [3.05, 3.63) is 24.0 Å². The lowest BCUT2D eigenvalue weighted by atomic mass is 10.2. The molecule has 1 heterocycles. The fraction of sp³-hybridized carbons (Fsp3) is 0.400. The Morgan fingerprint density at radius 1 is 1.31 bits per heavy atom. The second kappa shape index (κ2) is 3.93. The maximum Gasteiger partial charge on any atom is 0.235 e. The summed E-state index contributed by atoms with van der Waals surface area (Å²) in [6.07, 6.45) is 1.49. The highest BCUT2D eigenvalue weighted by molar-refractivity contribution is 7.92. The molecule has 0 bridgehead atoms. The van der Waals surface area contributed by atoms with Crippen LogP contribution in [0.25, 0.3) is 0 Å². The number of hydrogen-bond acceptors (Lipinski definition) is 3. The summed E-state index contributed by atoms with van der Waals surface area (Å²) in [6, 6.07) is 3.99. The smallest absolute Gasteiger partial charge is 0.235 e. The van der Waals surface area contributed by atoms with Gasteiger partial charge in [-0.1, -0.05) is 0 Å². The molecule has 0 spiro atoms. The summed E-state index contributed by atoms with van der Waals surface area (Å²) in [5.74, 6) is -0.386. The first-order chi connectivity index (χ1) is 7.50. The van der Waals surface area contributed by atoms with Crippen LogP contribution in [-0.4, -0.2) is 20.7 Å². The first-order valence-corrected chi connectivity index (χ1v) is 6.67. The third kappa shape index (κ3) is 1.97. The molecule has 1 fully saturated rings. The number of anilines is 2. The van der Waals surface area contributed by atoms with Crippen molar-refractivity contribution in [2.24, 2.45) is 0 Å². The molecule has 1 aromatic rings. The molecule has 1 aliphatic rings. The van der Waals surface area contributed by atoms with Gasteiger partial charge in [0.1, 0.15) is 5.82 Å². The van der Waals surface area contributed by atoms with Crippen molar-refractivity contribution >= 4 is 21.4 Å². The molecule has 1 saturated heterocycles. The molecular formula is C10H13FN2O2S. The van der Waals surface area contributed by atoms with Crippen LogP contribution in [0.15, 0.2) is 18.2 Å². The number of halogens is 1. The van der Waals surface area contributed by atoms with Crippen molar-refractivity contribution in [3.8, 4) is 0 Å². The first kappa shape index (κ1) is 11.2. The lowest BCUT2D eigenvalue weighted by Gasteiger charge is -2.28. The number of benzene rings is 1. The van der Waals surface area contributed by atoms with E-state index in [1.165, 1.54) is 22.5 Å². The molecule has 0 saturated carbocycles. The molecular weight excluding hydrogens is 231 g/mol. The molecule has 2 rings (SSSR count). The van der Waals surface area contributed by atoms with Gasteiger partial charge in [-0.25, -0.2) is 12.8 Å². The van der Waals surface area contributed by atoms with Gasteiger partial charge >= 0.3 is 0 Å². The van der Waals surface area contributed by atoms with E-state index in [-0.39, 0.29) is 11.4 Å².